The fraction of sp³-hybridized carbons (Fsp3) is 0.525. The van der Waals surface area contributed by atoms with Gasteiger partial charge in [-0.15, -0.1) is 0 Å². The molecule has 4 atom stereocenters. The molecule has 0 amide bonds. The first-order valence-electron chi connectivity index (χ1n) is 25.6. The van der Waals surface area contributed by atoms with E-state index in [9.17, 15) is 0 Å². The maximum absolute atomic E-state index is 2.64. The number of hydrogen-bond donors (Lipinski definition) is 0. The number of piperazine rings is 1. The maximum Gasteiger partial charge on any atom is 0.0417 e. The van der Waals surface area contributed by atoms with E-state index in [0.29, 0.717) is 0 Å². The molecule has 4 aromatic carbocycles. The zero-order valence-corrected chi connectivity index (χ0v) is 40.1. The topological polar surface area (TPSA) is 16.2 Å². The predicted octanol–water partition coefficient (Wildman–Crippen LogP) is 11.3. The van der Waals surface area contributed by atoms with Gasteiger partial charge in [-0.05, 0) is 199 Å². The summed E-state index contributed by atoms with van der Waals surface area (Å²) in [6.07, 6.45) is 20.9. The van der Waals surface area contributed by atoms with E-state index in [-0.39, 0.29) is 0 Å². The third-order valence-electron chi connectivity index (χ3n) is 16.2. The Bertz CT molecular complexity index is 2140. The van der Waals surface area contributed by atoms with Crippen molar-refractivity contribution in [2.24, 2.45) is 11.8 Å². The van der Waals surface area contributed by atoms with E-state index in [1.807, 2.05) is 0 Å². The third kappa shape index (κ3) is 10.8. The molecule has 0 N–H and O–H groups in total. The molecular formula is C59H79N5. The van der Waals surface area contributed by atoms with Gasteiger partial charge in [0.1, 0.15) is 0 Å². The van der Waals surface area contributed by atoms with Crippen LogP contribution in [0.25, 0.3) is 11.1 Å². The number of rotatable bonds is 0. The highest BCUT2D eigenvalue weighted by molar-refractivity contribution is 5.73. The molecule has 0 saturated carbocycles. The van der Waals surface area contributed by atoms with Crippen LogP contribution < -0.4 is 4.90 Å². The molecule has 0 radical (unpaired) electrons. The summed E-state index contributed by atoms with van der Waals surface area (Å²) < 4.78 is 0. The second-order valence-electron chi connectivity index (χ2n) is 20.8. The Morgan fingerprint density at radius 2 is 1.12 bits per heavy atom. The van der Waals surface area contributed by atoms with Crippen molar-refractivity contribution in [3.63, 3.8) is 0 Å². The highest BCUT2D eigenvalue weighted by atomic mass is 15.3. The number of nitrogens with zero attached hydrogens (tertiary/aromatic N) is 5. The van der Waals surface area contributed by atoms with Gasteiger partial charge in [0.15, 0.2) is 0 Å². The summed E-state index contributed by atoms with van der Waals surface area (Å²) in [5, 5.41) is 0. The van der Waals surface area contributed by atoms with Crippen molar-refractivity contribution in [2.75, 3.05) is 92.0 Å². The lowest BCUT2D eigenvalue weighted by Crippen LogP contribution is -2.51. The van der Waals surface area contributed by atoms with Crippen LogP contribution >= 0.6 is 0 Å². The van der Waals surface area contributed by atoms with Crippen molar-refractivity contribution in [2.45, 2.75) is 102 Å². The summed E-state index contributed by atoms with van der Waals surface area (Å²) >= 11 is 0. The predicted molar refractivity (Wildman–Crippen MR) is 272 cm³/mol. The van der Waals surface area contributed by atoms with Crippen LogP contribution in [0.2, 0.25) is 0 Å². The van der Waals surface area contributed by atoms with E-state index >= 15 is 0 Å². The lowest BCUT2D eigenvalue weighted by molar-refractivity contribution is 0.177. The molecule has 340 valence electrons. The van der Waals surface area contributed by atoms with Crippen molar-refractivity contribution in [3.8, 4) is 0 Å². The zero-order valence-electron chi connectivity index (χ0n) is 40.1. The number of benzene rings is 4. The van der Waals surface area contributed by atoms with Crippen molar-refractivity contribution in [3.05, 3.63) is 148 Å². The summed E-state index contributed by atoms with van der Waals surface area (Å²) in [5.41, 5.74) is 17.5. The molecule has 5 heterocycles. The largest absolute Gasteiger partial charge is 0.366 e. The Hall–Kier alpha value is -4.00. The molecule has 12 rings (SSSR count). The zero-order chi connectivity index (χ0) is 43.8. The number of para-hydroxylation sites is 1. The number of hydrogen-bond acceptors (Lipinski definition) is 5. The molecule has 64 heavy (non-hydrogen) atoms. The van der Waals surface area contributed by atoms with Gasteiger partial charge in [-0.2, -0.15) is 0 Å². The van der Waals surface area contributed by atoms with Crippen LogP contribution in [0, 0.1) is 11.8 Å². The molecule has 0 aromatic heterocycles. The second-order valence-corrected chi connectivity index (χ2v) is 20.8. The number of likely N-dealkylation sites (N-methyl/N-ethyl adjacent to an activating group) is 3. The third-order valence-corrected chi connectivity index (χ3v) is 16.2. The van der Waals surface area contributed by atoms with E-state index in [2.05, 4.69) is 156 Å². The average molecular weight is 858 g/mol. The molecule has 5 heteroatoms. The summed E-state index contributed by atoms with van der Waals surface area (Å²) in [6, 6.07) is 36.8. The van der Waals surface area contributed by atoms with E-state index in [4.69, 9.17) is 0 Å². The molecule has 8 aliphatic rings. The van der Waals surface area contributed by atoms with Gasteiger partial charge >= 0.3 is 0 Å². The number of fused-ring (bicyclic) bond motifs is 11. The number of aryl methyl sites for hydroxylation is 4. The molecule has 2 saturated heterocycles. The first-order valence-corrected chi connectivity index (χ1v) is 25.6. The molecule has 5 aliphatic heterocycles. The Labute approximate surface area is 388 Å². The SMILES string of the molecule is CN1CC=C2c3ccccc3CCCC2C1.CN1CCC2=C(CCCc3ccccc32)C1.CN1CCC2c3ccccc3CCCC2C1.CN1CCN2c3ccccc3CCCC2C1. The summed E-state index contributed by atoms with van der Waals surface area (Å²) in [7, 11) is 8.98. The van der Waals surface area contributed by atoms with Crippen molar-refractivity contribution in [1.29, 1.82) is 0 Å². The van der Waals surface area contributed by atoms with Crippen LogP contribution in [-0.2, 0) is 25.7 Å². The lowest BCUT2D eigenvalue weighted by Gasteiger charge is -2.41. The maximum atomic E-state index is 2.64. The fourth-order valence-electron chi connectivity index (χ4n) is 12.9. The fourth-order valence-corrected chi connectivity index (χ4v) is 12.9. The van der Waals surface area contributed by atoms with Gasteiger partial charge in [0.05, 0.1) is 0 Å². The van der Waals surface area contributed by atoms with E-state index in [1.54, 1.807) is 50.1 Å². The summed E-state index contributed by atoms with van der Waals surface area (Å²) in [5.74, 6) is 2.51. The Morgan fingerprint density at radius 1 is 0.469 bits per heavy atom. The van der Waals surface area contributed by atoms with Gasteiger partial charge < -0.3 is 24.5 Å². The molecule has 3 aliphatic carbocycles. The van der Waals surface area contributed by atoms with Crippen LogP contribution in [0.15, 0.2) is 109 Å². The van der Waals surface area contributed by atoms with E-state index in [1.165, 1.54) is 154 Å². The Morgan fingerprint density at radius 3 is 1.98 bits per heavy atom. The molecule has 5 nitrogen and oxygen atoms in total. The molecular weight excluding hydrogens is 779 g/mol. The van der Waals surface area contributed by atoms with Crippen LogP contribution in [0.3, 0.4) is 0 Å². The van der Waals surface area contributed by atoms with Gasteiger partial charge in [0, 0.05) is 64.1 Å². The standard InChI is InChI=1S/C15H21N.2C15H19N.C14H20N2/c3*1-16-10-9-15-13(11-16)7-4-6-12-5-2-3-8-14(12)15;1-15-9-10-16-13(11-15)7-4-6-12-5-2-3-8-14(12)16/h2-3,5,8,13,15H,4,6-7,9-11H2,1H3;2-3,5,8H,4,6-7,9-11H2,1H3;2-3,5,8-9,13H,4,6-7,10-11H2,1H3;2-3,5,8,13H,4,6-7,9-11H2,1H3. The van der Waals surface area contributed by atoms with Crippen molar-refractivity contribution >= 4 is 16.8 Å². The van der Waals surface area contributed by atoms with Crippen LogP contribution in [0.4, 0.5) is 5.69 Å². The van der Waals surface area contributed by atoms with Crippen molar-refractivity contribution < 1.29 is 0 Å². The molecule has 4 unspecified atom stereocenters. The first-order chi connectivity index (χ1) is 31.4. The molecule has 4 aromatic rings. The smallest absolute Gasteiger partial charge is 0.0417 e. The lowest BCUT2D eigenvalue weighted by atomic mass is 9.79. The Kier molecular flexibility index (Phi) is 15.2. The van der Waals surface area contributed by atoms with Gasteiger partial charge in [0.25, 0.3) is 0 Å². The van der Waals surface area contributed by atoms with Gasteiger partial charge in [-0.3, -0.25) is 0 Å². The quantitative estimate of drug-likeness (QED) is 0.175. The van der Waals surface area contributed by atoms with E-state index in [0.717, 1.165) is 30.3 Å². The molecule has 2 fully saturated rings. The first kappa shape index (κ1) is 45.2. The van der Waals surface area contributed by atoms with Crippen LogP contribution in [0.1, 0.15) is 109 Å². The van der Waals surface area contributed by atoms with E-state index < -0.39 is 0 Å². The highest BCUT2D eigenvalue weighted by Crippen LogP contribution is 2.41. The van der Waals surface area contributed by atoms with Gasteiger partial charge in [0.2, 0.25) is 0 Å². The average Bonchev–Trinajstić information content (AvgIpc) is 3.78. The molecule has 0 spiro atoms. The minimum Gasteiger partial charge on any atom is -0.366 e. The number of anilines is 1. The monoisotopic (exact) mass is 858 g/mol. The number of piperidine rings is 1. The van der Waals surface area contributed by atoms with Crippen LogP contribution in [0.5, 0.6) is 0 Å². The van der Waals surface area contributed by atoms with Gasteiger partial charge in [-0.25, -0.2) is 0 Å². The van der Waals surface area contributed by atoms with Gasteiger partial charge in [-0.1, -0.05) is 103 Å². The minimum absolute atomic E-state index is 0.738. The highest BCUT2D eigenvalue weighted by Gasteiger charge is 2.32. The Balaban J connectivity index is 0.000000108. The minimum atomic E-state index is 0.738. The van der Waals surface area contributed by atoms with Crippen LogP contribution in [-0.4, -0.2) is 113 Å². The summed E-state index contributed by atoms with van der Waals surface area (Å²) in [4.78, 5) is 12.5. The normalized spacial score (nSPS) is 25.7. The molecule has 0 bridgehead atoms. The van der Waals surface area contributed by atoms with Crippen molar-refractivity contribution in [1.82, 2.24) is 19.6 Å². The second kappa shape index (κ2) is 21.5. The summed E-state index contributed by atoms with van der Waals surface area (Å²) in [6.45, 7) is 10.9. The number of likely N-dealkylation sites (tertiary alicyclic amines) is 1.